The fourth-order valence-electron chi connectivity index (χ4n) is 3.45. The minimum Gasteiger partial charge on any atom is -0.332 e. The number of carbonyl (C=O) groups excluding carboxylic acids is 2. The van der Waals surface area contributed by atoms with Crippen molar-refractivity contribution in [2.45, 2.75) is 19.3 Å². The van der Waals surface area contributed by atoms with E-state index >= 15 is 0 Å². The molecule has 156 valence electrons. The van der Waals surface area contributed by atoms with Crippen molar-refractivity contribution in [3.8, 4) is 11.3 Å². The van der Waals surface area contributed by atoms with Gasteiger partial charge < -0.3 is 10.6 Å². The molecule has 3 N–H and O–H groups in total. The van der Waals surface area contributed by atoms with Crippen LogP contribution in [0.5, 0.6) is 0 Å². The van der Waals surface area contributed by atoms with Gasteiger partial charge in [0.15, 0.2) is 0 Å². The van der Waals surface area contributed by atoms with E-state index in [0.29, 0.717) is 22.5 Å². The molecule has 0 saturated carbocycles. The lowest BCUT2D eigenvalue weighted by molar-refractivity contribution is -0.121. The second-order valence-electron chi connectivity index (χ2n) is 7.27. The minimum atomic E-state index is -0.487. The number of nitrogens with one attached hydrogen (secondary N) is 3. The SMILES string of the molecule is Cc1ccc(-c2ccc(=O)[nH]n2)cc1NC(=O)C1=CNC(=O)CC1c1ccc(F)cc1. The molecule has 7 nitrogen and oxygen atoms in total. The van der Waals surface area contributed by atoms with E-state index in [1.807, 2.05) is 19.1 Å². The molecule has 2 aromatic carbocycles. The zero-order valence-corrected chi connectivity index (χ0v) is 16.6. The summed E-state index contributed by atoms with van der Waals surface area (Å²) in [5, 5.41) is 11.9. The number of halogens is 1. The fraction of sp³-hybridized carbons (Fsp3) is 0.130. The minimum absolute atomic E-state index is 0.0885. The van der Waals surface area contributed by atoms with Crippen molar-refractivity contribution in [1.29, 1.82) is 0 Å². The Bertz CT molecular complexity index is 1230. The summed E-state index contributed by atoms with van der Waals surface area (Å²) in [6.45, 7) is 1.86. The number of H-pyrrole nitrogens is 1. The van der Waals surface area contributed by atoms with Gasteiger partial charge in [-0.1, -0.05) is 24.3 Å². The molecule has 0 aliphatic carbocycles. The standard InChI is InChI=1S/C23H19FN4O3/c1-13-2-3-15(19-8-9-21(29)28-27-19)10-20(13)26-23(31)18-12-25-22(30)11-17(18)14-4-6-16(24)7-5-14/h2-10,12,17H,11H2,1H3,(H,25,30)(H,26,31)(H,28,29). The van der Waals surface area contributed by atoms with Crippen LogP contribution < -0.4 is 16.2 Å². The van der Waals surface area contributed by atoms with E-state index in [-0.39, 0.29) is 29.6 Å². The van der Waals surface area contributed by atoms with Crippen LogP contribution in [0.4, 0.5) is 10.1 Å². The van der Waals surface area contributed by atoms with Gasteiger partial charge in [-0.2, -0.15) is 5.10 Å². The Morgan fingerprint density at radius 2 is 1.87 bits per heavy atom. The van der Waals surface area contributed by atoms with Gasteiger partial charge >= 0.3 is 0 Å². The van der Waals surface area contributed by atoms with Crippen LogP contribution >= 0.6 is 0 Å². The molecule has 2 amide bonds. The first-order valence-electron chi connectivity index (χ1n) is 9.64. The van der Waals surface area contributed by atoms with E-state index in [4.69, 9.17) is 0 Å². The molecule has 3 aromatic rings. The smallest absolute Gasteiger partial charge is 0.264 e. The number of hydrogen-bond donors (Lipinski definition) is 3. The lowest BCUT2D eigenvalue weighted by atomic mass is 9.86. The highest BCUT2D eigenvalue weighted by atomic mass is 19.1. The Morgan fingerprint density at radius 1 is 1.10 bits per heavy atom. The number of nitrogens with zero attached hydrogens (tertiary/aromatic N) is 1. The monoisotopic (exact) mass is 418 g/mol. The average molecular weight is 418 g/mol. The van der Waals surface area contributed by atoms with Gasteiger partial charge in [0.25, 0.3) is 11.5 Å². The number of hydrogen-bond acceptors (Lipinski definition) is 4. The quantitative estimate of drug-likeness (QED) is 0.606. The zero-order chi connectivity index (χ0) is 22.0. The second-order valence-corrected chi connectivity index (χ2v) is 7.27. The fourth-order valence-corrected chi connectivity index (χ4v) is 3.45. The predicted octanol–water partition coefficient (Wildman–Crippen LogP) is 3.01. The lowest BCUT2D eigenvalue weighted by Gasteiger charge is -2.24. The molecule has 1 aromatic heterocycles. The number of aromatic nitrogens is 2. The van der Waals surface area contributed by atoms with Crippen LogP contribution in [0.2, 0.25) is 0 Å². The largest absolute Gasteiger partial charge is 0.332 e. The van der Waals surface area contributed by atoms with E-state index in [9.17, 15) is 18.8 Å². The Hall–Kier alpha value is -4.07. The van der Waals surface area contributed by atoms with Crippen LogP contribution in [-0.2, 0) is 9.59 Å². The van der Waals surface area contributed by atoms with Crippen molar-refractivity contribution in [3.63, 3.8) is 0 Å². The molecule has 31 heavy (non-hydrogen) atoms. The highest BCUT2D eigenvalue weighted by Crippen LogP contribution is 2.32. The molecule has 1 unspecified atom stereocenters. The van der Waals surface area contributed by atoms with Crippen LogP contribution in [0.1, 0.15) is 23.5 Å². The van der Waals surface area contributed by atoms with Gasteiger partial charge in [0.05, 0.1) is 5.69 Å². The summed E-state index contributed by atoms with van der Waals surface area (Å²) in [4.78, 5) is 36.3. The Morgan fingerprint density at radius 3 is 2.58 bits per heavy atom. The maximum Gasteiger partial charge on any atom is 0.264 e. The number of rotatable bonds is 4. The number of aromatic amines is 1. The number of anilines is 1. The molecule has 1 aliphatic rings. The maximum atomic E-state index is 13.3. The number of aryl methyl sites for hydroxylation is 1. The van der Waals surface area contributed by atoms with E-state index < -0.39 is 5.92 Å². The van der Waals surface area contributed by atoms with Gasteiger partial charge in [-0.15, -0.1) is 0 Å². The summed E-state index contributed by atoms with van der Waals surface area (Å²) in [5.41, 5.74) is 3.44. The number of amides is 2. The third-order valence-electron chi connectivity index (χ3n) is 5.15. The zero-order valence-electron chi connectivity index (χ0n) is 16.6. The van der Waals surface area contributed by atoms with Crippen LogP contribution in [0, 0.1) is 12.7 Å². The lowest BCUT2D eigenvalue weighted by Crippen LogP contribution is -2.32. The summed E-state index contributed by atoms with van der Waals surface area (Å²) in [6, 6.07) is 14.2. The van der Waals surface area contributed by atoms with Gasteiger partial charge in [0.2, 0.25) is 5.91 Å². The summed E-state index contributed by atoms with van der Waals surface area (Å²) in [5.74, 6) is -1.46. The van der Waals surface area contributed by atoms with Crippen molar-refractivity contribution in [1.82, 2.24) is 15.5 Å². The van der Waals surface area contributed by atoms with Gasteiger partial charge in [0.1, 0.15) is 5.82 Å². The van der Waals surface area contributed by atoms with E-state index in [1.165, 1.54) is 24.4 Å². The average Bonchev–Trinajstić information content (AvgIpc) is 2.76. The first-order valence-corrected chi connectivity index (χ1v) is 9.64. The van der Waals surface area contributed by atoms with Gasteiger partial charge in [-0.3, -0.25) is 14.4 Å². The molecule has 0 saturated heterocycles. The molecule has 0 bridgehead atoms. The number of carbonyl (C=O) groups is 2. The van der Waals surface area contributed by atoms with Crippen LogP contribution in [0.3, 0.4) is 0 Å². The van der Waals surface area contributed by atoms with Crippen LogP contribution in [0.25, 0.3) is 11.3 Å². The van der Waals surface area contributed by atoms with Gasteiger partial charge in [-0.05, 0) is 42.3 Å². The molecule has 2 heterocycles. The third-order valence-corrected chi connectivity index (χ3v) is 5.15. The third kappa shape index (κ3) is 4.42. The highest BCUT2D eigenvalue weighted by molar-refractivity contribution is 6.07. The Labute approximate surface area is 177 Å². The molecule has 0 fully saturated rings. The van der Waals surface area contributed by atoms with Crippen molar-refractivity contribution in [2.75, 3.05) is 5.32 Å². The Kier molecular flexibility index (Phi) is 5.44. The molecule has 8 heteroatoms. The molecule has 1 atom stereocenters. The van der Waals surface area contributed by atoms with Crippen molar-refractivity contribution in [2.24, 2.45) is 0 Å². The molecule has 0 radical (unpaired) electrons. The van der Waals surface area contributed by atoms with Gasteiger partial charge in [-0.25, -0.2) is 9.49 Å². The topological polar surface area (TPSA) is 104 Å². The summed E-state index contributed by atoms with van der Waals surface area (Å²) >= 11 is 0. The second kappa shape index (κ2) is 8.35. The van der Waals surface area contributed by atoms with Crippen molar-refractivity contribution < 1.29 is 14.0 Å². The van der Waals surface area contributed by atoms with E-state index in [0.717, 1.165) is 11.1 Å². The molecular formula is C23H19FN4O3. The molecule has 4 rings (SSSR count). The summed E-state index contributed by atoms with van der Waals surface area (Å²) in [6.07, 6.45) is 1.49. The first kappa shape index (κ1) is 20.2. The maximum absolute atomic E-state index is 13.3. The molecule has 1 aliphatic heterocycles. The number of benzene rings is 2. The normalized spacial score (nSPS) is 15.7. The molecular weight excluding hydrogens is 399 g/mol. The highest BCUT2D eigenvalue weighted by Gasteiger charge is 2.29. The summed E-state index contributed by atoms with van der Waals surface area (Å²) < 4.78 is 13.3. The van der Waals surface area contributed by atoms with Crippen molar-refractivity contribution >= 4 is 17.5 Å². The molecule has 0 spiro atoms. The Balaban J connectivity index is 1.62. The van der Waals surface area contributed by atoms with Crippen LogP contribution in [-0.4, -0.2) is 22.0 Å². The van der Waals surface area contributed by atoms with E-state index in [2.05, 4.69) is 20.8 Å². The van der Waals surface area contributed by atoms with Crippen molar-refractivity contribution in [3.05, 3.63) is 93.7 Å². The van der Waals surface area contributed by atoms with Gasteiger partial charge in [0, 0.05) is 41.4 Å². The first-order chi connectivity index (χ1) is 14.9. The predicted molar refractivity (Wildman–Crippen MR) is 114 cm³/mol. The van der Waals surface area contributed by atoms with E-state index in [1.54, 1.807) is 24.3 Å². The van der Waals surface area contributed by atoms with Crippen LogP contribution in [0.15, 0.2) is 71.2 Å². The summed E-state index contributed by atoms with van der Waals surface area (Å²) in [7, 11) is 0.